The SMILES string of the molecule is CCC(C)C1CCC(OC(C)CCc2ccccc2)CC1. The zero-order chi connectivity index (χ0) is 15.1. The number of rotatable bonds is 7. The van der Waals surface area contributed by atoms with Crippen LogP contribution in [0.4, 0.5) is 0 Å². The number of hydrogen-bond donors (Lipinski definition) is 0. The Morgan fingerprint density at radius 3 is 2.33 bits per heavy atom. The van der Waals surface area contributed by atoms with E-state index in [-0.39, 0.29) is 0 Å². The summed E-state index contributed by atoms with van der Waals surface area (Å²) in [6.45, 7) is 6.97. The number of benzene rings is 1. The lowest BCUT2D eigenvalue weighted by Gasteiger charge is -2.33. The summed E-state index contributed by atoms with van der Waals surface area (Å²) >= 11 is 0. The highest BCUT2D eigenvalue weighted by Crippen LogP contribution is 2.33. The Kier molecular flexibility index (Phi) is 6.76. The molecule has 0 aromatic heterocycles. The summed E-state index contributed by atoms with van der Waals surface area (Å²) in [7, 11) is 0. The predicted molar refractivity (Wildman–Crippen MR) is 90.5 cm³/mol. The first-order valence-electron chi connectivity index (χ1n) is 8.88. The van der Waals surface area contributed by atoms with Crippen LogP contribution in [0.5, 0.6) is 0 Å². The van der Waals surface area contributed by atoms with E-state index in [1.807, 2.05) is 0 Å². The lowest BCUT2D eigenvalue weighted by atomic mass is 9.79. The molecule has 1 aliphatic rings. The molecule has 1 aliphatic carbocycles. The van der Waals surface area contributed by atoms with Gasteiger partial charge in [-0.25, -0.2) is 0 Å². The molecular weight excluding hydrogens is 256 g/mol. The summed E-state index contributed by atoms with van der Waals surface area (Å²) in [4.78, 5) is 0. The molecule has 0 aliphatic heterocycles. The molecule has 1 aromatic rings. The smallest absolute Gasteiger partial charge is 0.0579 e. The standard InChI is InChI=1S/C20H32O/c1-4-16(2)19-12-14-20(15-13-19)21-17(3)10-11-18-8-6-5-7-9-18/h5-9,16-17,19-20H,4,10-15H2,1-3H3. The largest absolute Gasteiger partial charge is 0.375 e. The van der Waals surface area contributed by atoms with Crippen LogP contribution in [0.2, 0.25) is 0 Å². The van der Waals surface area contributed by atoms with E-state index in [0.717, 1.165) is 24.7 Å². The summed E-state index contributed by atoms with van der Waals surface area (Å²) in [5.41, 5.74) is 1.42. The van der Waals surface area contributed by atoms with Gasteiger partial charge in [-0.2, -0.15) is 0 Å². The Balaban J connectivity index is 1.66. The van der Waals surface area contributed by atoms with Gasteiger partial charge in [0.25, 0.3) is 0 Å². The number of aryl methyl sites for hydroxylation is 1. The van der Waals surface area contributed by atoms with Crippen LogP contribution >= 0.6 is 0 Å². The molecular formula is C20H32O. The van der Waals surface area contributed by atoms with Crippen LogP contribution < -0.4 is 0 Å². The maximum absolute atomic E-state index is 6.27. The van der Waals surface area contributed by atoms with Gasteiger partial charge >= 0.3 is 0 Å². The zero-order valence-electron chi connectivity index (χ0n) is 14.1. The van der Waals surface area contributed by atoms with Gasteiger partial charge in [0.05, 0.1) is 12.2 Å². The van der Waals surface area contributed by atoms with Crippen molar-refractivity contribution in [2.75, 3.05) is 0 Å². The van der Waals surface area contributed by atoms with E-state index in [1.165, 1.54) is 37.7 Å². The van der Waals surface area contributed by atoms with Gasteiger partial charge in [-0.1, -0.05) is 50.6 Å². The Labute approximate surface area is 131 Å². The third kappa shape index (κ3) is 5.47. The van der Waals surface area contributed by atoms with Crippen molar-refractivity contribution < 1.29 is 4.74 Å². The van der Waals surface area contributed by atoms with Gasteiger partial charge in [0, 0.05) is 0 Å². The van der Waals surface area contributed by atoms with Crippen LogP contribution in [0.1, 0.15) is 64.9 Å². The molecule has 2 unspecified atom stereocenters. The molecule has 0 heterocycles. The summed E-state index contributed by atoms with van der Waals surface area (Å²) in [6, 6.07) is 10.8. The van der Waals surface area contributed by atoms with E-state index in [4.69, 9.17) is 4.74 Å². The second-order valence-electron chi connectivity index (χ2n) is 6.89. The van der Waals surface area contributed by atoms with Crippen molar-refractivity contribution in [1.82, 2.24) is 0 Å². The Morgan fingerprint density at radius 2 is 1.71 bits per heavy atom. The second kappa shape index (κ2) is 8.58. The minimum absolute atomic E-state index is 0.385. The third-order valence-electron chi connectivity index (χ3n) is 5.27. The fraction of sp³-hybridized carbons (Fsp3) is 0.700. The summed E-state index contributed by atoms with van der Waals surface area (Å²) in [5, 5.41) is 0. The Hall–Kier alpha value is -0.820. The molecule has 0 radical (unpaired) electrons. The predicted octanol–water partition coefficient (Wildman–Crippen LogP) is 5.63. The lowest BCUT2D eigenvalue weighted by molar-refractivity contribution is -0.0348. The second-order valence-corrected chi connectivity index (χ2v) is 6.89. The molecule has 1 heteroatoms. The molecule has 21 heavy (non-hydrogen) atoms. The van der Waals surface area contributed by atoms with Crippen LogP contribution in [0.3, 0.4) is 0 Å². The van der Waals surface area contributed by atoms with E-state index in [2.05, 4.69) is 51.1 Å². The molecule has 0 spiro atoms. The quantitative estimate of drug-likeness (QED) is 0.632. The first-order valence-corrected chi connectivity index (χ1v) is 8.88. The van der Waals surface area contributed by atoms with E-state index in [0.29, 0.717) is 12.2 Å². The monoisotopic (exact) mass is 288 g/mol. The van der Waals surface area contributed by atoms with Crippen LogP contribution in [0.15, 0.2) is 30.3 Å². The molecule has 2 atom stereocenters. The fourth-order valence-corrected chi connectivity index (χ4v) is 3.54. The molecule has 1 saturated carbocycles. The third-order valence-corrected chi connectivity index (χ3v) is 5.27. The molecule has 0 saturated heterocycles. The van der Waals surface area contributed by atoms with Crippen molar-refractivity contribution in [2.45, 2.75) is 77.9 Å². The average molecular weight is 288 g/mol. The van der Waals surface area contributed by atoms with Crippen LogP contribution in [0, 0.1) is 11.8 Å². The average Bonchev–Trinajstić information content (AvgIpc) is 2.54. The highest BCUT2D eigenvalue weighted by Gasteiger charge is 2.25. The van der Waals surface area contributed by atoms with Crippen molar-refractivity contribution in [3.63, 3.8) is 0 Å². The summed E-state index contributed by atoms with van der Waals surface area (Å²) < 4.78 is 6.27. The van der Waals surface area contributed by atoms with Crippen LogP contribution in [-0.2, 0) is 11.2 Å². The maximum atomic E-state index is 6.27. The molecule has 0 amide bonds. The first-order chi connectivity index (χ1) is 10.2. The lowest BCUT2D eigenvalue weighted by Crippen LogP contribution is -2.28. The normalized spacial score (nSPS) is 25.5. The van der Waals surface area contributed by atoms with Crippen molar-refractivity contribution in [3.05, 3.63) is 35.9 Å². The molecule has 0 bridgehead atoms. The van der Waals surface area contributed by atoms with Crippen molar-refractivity contribution in [1.29, 1.82) is 0 Å². The molecule has 118 valence electrons. The zero-order valence-corrected chi connectivity index (χ0v) is 14.1. The minimum atomic E-state index is 0.385. The van der Waals surface area contributed by atoms with Gasteiger partial charge in [0.1, 0.15) is 0 Å². The fourth-order valence-electron chi connectivity index (χ4n) is 3.54. The summed E-state index contributed by atoms with van der Waals surface area (Å²) in [5.74, 6) is 1.83. The van der Waals surface area contributed by atoms with E-state index in [1.54, 1.807) is 0 Å². The van der Waals surface area contributed by atoms with E-state index >= 15 is 0 Å². The number of hydrogen-bond acceptors (Lipinski definition) is 1. The van der Waals surface area contributed by atoms with Gasteiger partial charge in [0.15, 0.2) is 0 Å². The van der Waals surface area contributed by atoms with E-state index in [9.17, 15) is 0 Å². The van der Waals surface area contributed by atoms with Crippen LogP contribution in [0.25, 0.3) is 0 Å². The van der Waals surface area contributed by atoms with E-state index < -0.39 is 0 Å². The van der Waals surface area contributed by atoms with Gasteiger partial charge in [-0.3, -0.25) is 0 Å². The van der Waals surface area contributed by atoms with Crippen molar-refractivity contribution in [3.8, 4) is 0 Å². The van der Waals surface area contributed by atoms with Gasteiger partial charge < -0.3 is 4.74 Å². The molecule has 1 fully saturated rings. The van der Waals surface area contributed by atoms with Crippen molar-refractivity contribution in [2.24, 2.45) is 11.8 Å². The Bertz CT molecular complexity index is 378. The maximum Gasteiger partial charge on any atom is 0.0579 e. The van der Waals surface area contributed by atoms with Gasteiger partial charge in [0.2, 0.25) is 0 Å². The van der Waals surface area contributed by atoms with Gasteiger partial charge in [-0.15, -0.1) is 0 Å². The van der Waals surface area contributed by atoms with Crippen LogP contribution in [-0.4, -0.2) is 12.2 Å². The minimum Gasteiger partial charge on any atom is -0.375 e. The Morgan fingerprint density at radius 1 is 1.05 bits per heavy atom. The topological polar surface area (TPSA) is 9.23 Å². The molecule has 0 N–H and O–H groups in total. The molecule has 2 rings (SSSR count). The highest BCUT2D eigenvalue weighted by molar-refractivity contribution is 5.14. The van der Waals surface area contributed by atoms with Crippen molar-refractivity contribution >= 4 is 0 Å². The number of ether oxygens (including phenoxy) is 1. The molecule has 1 nitrogen and oxygen atoms in total. The molecule has 1 aromatic carbocycles. The first kappa shape index (κ1) is 16.5. The van der Waals surface area contributed by atoms with Gasteiger partial charge in [-0.05, 0) is 62.8 Å². The highest BCUT2D eigenvalue weighted by atomic mass is 16.5. The summed E-state index contributed by atoms with van der Waals surface area (Å²) in [6.07, 6.45) is 9.75.